The van der Waals surface area contributed by atoms with Gasteiger partial charge in [-0.3, -0.25) is 4.90 Å². The van der Waals surface area contributed by atoms with Crippen molar-refractivity contribution in [2.24, 2.45) is 5.73 Å². The molecule has 2 rings (SSSR count). The Morgan fingerprint density at radius 3 is 2.94 bits per heavy atom. The van der Waals surface area contributed by atoms with Gasteiger partial charge < -0.3 is 10.5 Å². The van der Waals surface area contributed by atoms with Gasteiger partial charge in [0.1, 0.15) is 5.75 Å². The van der Waals surface area contributed by atoms with Crippen molar-refractivity contribution in [3.8, 4) is 5.75 Å². The smallest absolute Gasteiger partial charge is 0.133 e. The van der Waals surface area contributed by atoms with E-state index in [1.165, 1.54) is 5.56 Å². The first-order valence-electron chi connectivity index (χ1n) is 5.49. The summed E-state index contributed by atoms with van der Waals surface area (Å²) in [6.07, 6.45) is 1.11. The van der Waals surface area contributed by atoms with Gasteiger partial charge in [0, 0.05) is 25.7 Å². The lowest BCUT2D eigenvalue weighted by molar-refractivity contribution is 0.326. The molecule has 1 atom stereocenters. The van der Waals surface area contributed by atoms with Crippen LogP contribution in [0.4, 0.5) is 0 Å². The van der Waals surface area contributed by atoms with Gasteiger partial charge >= 0.3 is 0 Å². The zero-order chi connectivity index (χ0) is 11.5. The number of halogens is 1. The van der Waals surface area contributed by atoms with Gasteiger partial charge in [0.15, 0.2) is 0 Å². The Labute approximate surface area is 105 Å². The van der Waals surface area contributed by atoms with Gasteiger partial charge in [0.25, 0.3) is 0 Å². The molecule has 0 bridgehead atoms. The summed E-state index contributed by atoms with van der Waals surface area (Å²) in [5.74, 6) is 0.877. The van der Waals surface area contributed by atoms with Crippen molar-refractivity contribution in [3.63, 3.8) is 0 Å². The Morgan fingerprint density at radius 1 is 1.56 bits per heavy atom. The number of rotatable bonds is 3. The molecule has 1 aliphatic heterocycles. The van der Waals surface area contributed by atoms with Gasteiger partial charge in [-0.05, 0) is 40.0 Å². The van der Waals surface area contributed by atoms with Gasteiger partial charge in [-0.15, -0.1) is 0 Å². The van der Waals surface area contributed by atoms with E-state index in [0.717, 1.165) is 36.3 Å². The molecule has 0 radical (unpaired) electrons. The van der Waals surface area contributed by atoms with E-state index < -0.39 is 0 Å². The maximum Gasteiger partial charge on any atom is 0.133 e. The first-order chi connectivity index (χ1) is 7.69. The van der Waals surface area contributed by atoms with E-state index in [1.54, 1.807) is 7.11 Å². The standard InChI is InChI=1S/C12H17BrN2O/c1-16-12-3-2-9(6-11(12)13)7-15-5-4-10(14)8-15/h2-3,6,10H,4-5,7-8,14H2,1H3. The molecule has 16 heavy (non-hydrogen) atoms. The van der Waals surface area contributed by atoms with Crippen LogP contribution in [0.15, 0.2) is 22.7 Å². The van der Waals surface area contributed by atoms with E-state index in [2.05, 4.69) is 33.0 Å². The average Bonchev–Trinajstić information content (AvgIpc) is 2.64. The van der Waals surface area contributed by atoms with Crippen LogP contribution in [-0.4, -0.2) is 31.1 Å². The summed E-state index contributed by atoms with van der Waals surface area (Å²) in [6, 6.07) is 6.56. The summed E-state index contributed by atoms with van der Waals surface area (Å²) in [6.45, 7) is 3.07. The average molecular weight is 285 g/mol. The fourth-order valence-corrected chi connectivity index (χ4v) is 2.66. The molecule has 0 saturated carbocycles. The first-order valence-corrected chi connectivity index (χ1v) is 6.28. The second-order valence-electron chi connectivity index (χ2n) is 4.25. The van der Waals surface area contributed by atoms with Gasteiger partial charge in [0.2, 0.25) is 0 Å². The summed E-state index contributed by atoms with van der Waals surface area (Å²) < 4.78 is 6.22. The number of methoxy groups -OCH3 is 1. The Hall–Kier alpha value is -0.580. The lowest BCUT2D eigenvalue weighted by Crippen LogP contribution is -2.26. The van der Waals surface area contributed by atoms with Crippen LogP contribution in [0.1, 0.15) is 12.0 Å². The maximum absolute atomic E-state index is 5.88. The molecule has 1 unspecified atom stereocenters. The number of hydrogen-bond donors (Lipinski definition) is 1. The van der Waals surface area contributed by atoms with Crippen LogP contribution in [0.5, 0.6) is 5.75 Å². The van der Waals surface area contributed by atoms with Crippen molar-refractivity contribution in [1.82, 2.24) is 4.90 Å². The number of benzene rings is 1. The van der Waals surface area contributed by atoms with Crippen LogP contribution >= 0.6 is 15.9 Å². The molecular formula is C12H17BrN2O. The van der Waals surface area contributed by atoms with Crippen LogP contribution < -0.4 is 10.5 Å². The molecule has 3 nitrogen and oxygen atoms in total. The Bertz CT molecular complexity index is 370. The summed E-state index contributed by atoms with van der Waals surface area (Å²) >= 11 is 3.50. The minimum Gasteiger partial charge on any atom is -0.496 e. The largest absolute Gasteiger partial charge is 0.496 e. The van der Waals surface area contributed by atoms with Gasteiger partial charge in [-0.25, -0.2) is 0 Å². The molecule has 1 aliphatic rings. The van der Waals surface area contributed by atoms with Crippen LogP contribution in [0.3, 0.4) is 0 Å². The van der Waals surface area contributed by atoms with E-state index in [0.29, 0.717) is 6.04 Å². The van der Waals surface area contributed by atoms with E-state index in [1.807, 2.05) is 6.07 Å². The lowest BCUT2D eigenvalue weighted by atomic mass is 10.2. The zero-order valence-corrected chi connectivity index (χ0v) is 11.0. The highest BCUT2D eigenvalue weighted by Crippen LogP contribution is 2.26. The SMILES string of the molecule is COc1ccc(CN2CCC(N)C2)cc1Br. The summed E-state index contributed by atoms with van der Waals surface area (Å²) in [5, 5.41) is 0. The molecule has 4 heteroatoms. The van der Waals surface area contributed by atoms with Crippen molar-refractivity contribution in [2.45, 2.75) is 19.0 Å². The third kappa shape index (κ3) is 2.75. The Kier molecular flexibility index (Phi) is 3.84. The molecule has 0 aromatic heterocycles. The fourth-order valence-electron chi connectivity index (χ4n) is 2.07. The predicted molar refractivity (Wildman–Crippen MR) is 68.6 cm³/mol. The van der Waals surface area contributed by atoms with Crippen molar-refractivity contribution < 1.29 is 4.74 Å². The molecule has 1 fully saturated rings. The highest BCUT2D eigenvalue weighted by Gasteiger charge is 2.18. The van der Waals surface area contributed by atoms with Crippen LogP contribution in [-0.2, 0) is 6.54 Å². The van der Waals surface area contributed by atoms with E-state index >= 15 is 0 Å². The highest BCUT2D eigenvalue weighted by atomic mass is 79.9. The summed E-state index contributed by atoms with van der Waals surface area (Å²) in [7, 11) is 1.68. The molecule has 1 aromatic rings. The third-order valence-electron chi connectivity index (χ3n) is 2.93. The minimum absolute atomic E-state index is 0.349. The molecule has 0 spiro atoms. The minimum atomic E-state index is 0.349. The van der Waals surface area contributed by atoms with E-state index in [-0.39, 0.29) is 0 Å². The second-order valence-corrected chi connectivity index (χ2v) is 5.11. The quantitative estimate of drug-likeness (QED) is 0.923. The van der Waals surface area contributed by atoms with Crippen molar-refractivity contribution >= 4 is 15.9 Å². The van der Waals surface area contributed by atoms with Crippen molar-refractivity contribution in [1.29, 1.82) is 0 Å². The molecule has 1 heterocycles. The third-order valence-corrected chi connectivity index (χ3v) is 3.55. The van der Waals surface area contributed by atoms with E-state index in [4.69, 9.17) is 10.5 Å². The molecule has 1 saturated heterocycles. The van der Waals surface area contributed by atoms with Gasteiger partial charge in [0.05, 0.1) is 11.6 Å². The number of nitrogens with two attached hydrogens (primary N) is 1. The first kappa shape index (κ1) is 11.9. The zero-order valence-electron chi connectivity index (χ0n) is 9.45. The Morgan fingerprint density at radius 2 is 2.38 bits per heavy atom. The number of ether oxygens (including phenoxy) is 1. The number of hydrogen-bond acceptors (Lipinski definition) is 3. The fraction of sp³-hybridized carbons (Fsp3) is 0.500. The molecular weight excluding hydrogens is 268 g/mol. The second kappa shape index (κ2) is 5.17. The van der Waals surface area contributed by atoms with Crippen LogP contribution in [0, 0.1) is 0 Å². The normalized spacial score (nSPS) is 21.3. The van der Waals surface area contributed by atoms with Crippen molar-refractivity contribution in [2.75, 3.05) is 20.2 Å². The van der Waals surface area contributed by atoms with Gasteiger partial charge in [-0.1, -0.05) is 6.07 Å². The predicted octanol–water partition coefficient (Wildman–Crippen LogP) is 1.99. The molecule has 88 valence electrons. The maximum atomic E-state index is 5.88. The Balaban J connectivity index is 2.02. The molecule has 1 aromatic carbocycles. The summed E-state index contributed by atoms with van der Waals surface area (Å²) in [5.41, 5.74) is 7.18. The van der Waals surface area contributed by atoms with Crippen LogP contribution in [0.2, 0.25) is 0 Å². The van der Waals surface area contributed by atoms with Gasteiger partial charge in [-0.2, -0.15) is 0 Å². The van der Waals surface area contributed by atoms with Crippen LogP contribution in [0.25, 0.3) is 0 Å². The monoisotopic (exact) mass is 284 g/mol. The van der Waals surface area contributed by atoms with Crippen molar-refractivity contribution in [3.05, 3.63) is 28.2 Å². The van der Waals surface area contributed by atoms with E-state index in [9.17, 15) is 0 Å². The molecule has 0 aliphatic carbocycles. The number of likely N-dealkylation sites (tertiary alicyclic amines) is 1. The molecule has 0 amide bonds. The topological polar surface area (TPSA) is 38.5 Å². The lowest BCUT2D eigenvalue weighted by Gasteiger charge is -2.15. The highest BCUT2D eigenvalue weighted by molar-refractivity contribution is 9.10. The number of nitrogens with zero attached hydrogens (tertiary/aromatic N) is 1. The summed E-state index contributed by atoms with van der Waals surface area (Å²) in [4.78, 5) is 2.39. The molecule has 2 N–H and O–H groups in total.